The maximum absolute atomic E-state index is 11.2. The summed E-state index contributed by atoms with van der Waals surface area (Å²) >= 11 is 0. The largest absolute Gasteiger partial charge is 0.478 e. The highest BCUT2D eigenvalue weighted by molar-refractivity contribution is 5.92. The number of methoxy groups -OCH3 is 1. The van der Waals surface area contributed by atoms with Gasteiger partial charge in [-0.05, 0) is 29.7 Å². The Balaban J connectivity index is 3.01. The molecule has 0 saturated heterocycles. The fourth-order valence-corrected chi connectivity index (χ4v) is 1.48. The molecule has 1 aromatic rings. The number of aliphatic carboxylic acids is 1. The van der Waals surface area contributed by atoms with Crippen molar-refractivity contribution >= 4 is 17.5 Å². The van der Waals surface area contributed by atoms with E-state index in [4.69, 9.17) is 5.11 Å². The van der Waals surface area contributed by atoms with Crippen LogP contribution in [0.2, 0.25) is 0 Å². The van der Waals surface area contributed by atoms with E-state index in [1.165, 1.54) is 13.2 Å². The number of carboxylic acid groups (broad SMARTS) is 1. The first-order valence-corrected chi connectivity index (χ1v) is 5.20. The lowest BCUT2D eigenvalue weighted by atomic mass is 10.0. The zero-order chi connectivity index (χ0) is 12.8. The average molecular weight is 234 g/mol. The number of carboxylic acids is 1. The fraction of sp³-hybridized carbons (Fsp3) is 0.231. The summed E-state index contributed by atoms with van der Waals surface area (Å²) < 4.78 is 4.58. The van der Waals surface area contributed by atoms with E-state index in [9.17, 15) is 9.59 Å². The van der Waals surface area contributed by atoms with Gasteiger partial charge < -0.3 is 9.84 Å². The third-order valence-electron chi connectivity index (χ3n) is 2.36. The minimum absolute atomic E-state index is 0.406. The number of benzene rings is 1. The van der Waals surface area contributed by atoms with Gasteiger partial charge in [-0.15, -0.1) is 0 Å². The fourth-order valence-electron chi connectivity index (χ4n) is 1.48. The van der Waals surface area contributed by atoms with Gasteiger partial charge >= 0.3 is 11.9 Å². The van der Waals surface area contributed by atoms with E-state index in [2.05, 4.69) is 4.74 Å². The second-order valence-electron chi connectivity index (χ2n) is 3.43. The molecule has 0 fully saturated rings. The van der Waals surface area contributed by atoms with E-state index in [1.807, 2.05) is 6.92 Å². The first-order chi connectivity index (χ1) is 8.08. The Labute approximate surface area is 99.5 Å². The molecule has 0 heterocycles. The number of ether oxygens (including phenoxy) is 1. The van der Waals surface area contributed by atoms with Crippen LogP contribution in [0.3, 0.4) is 0 Å². The van der Waals surface area contributed by atoms with Gasteiger partial charge in [0.2, 0.25) is 0 Å². The van der Waals surface area contributed by atoms with Gasteiger partial charge in [-0.1, -0.05) is 19.1 Å². The Morgan fingerprint density at radius 1 is 1.24 bits per heavy atom. The van der Waals surface area contributed by atoms with Crippen LogP contribution in [-0.2, 0) is 9.53 Å². The van der Waals surface area contributed by atoms with E-state index in [1.54, 1.807) is 24.3 Å². The monoisotopic (exact) mass is 234 g/mol. The van der Waals surface area contributed by atoms with Crippen molar-refractivity contribution in [2.45, 2.75) is 13.3 Å². The molecule has 0 aliphatic rings. The lowest BCUT2D eigenvalue weighted by Gasteiger charge is -2.05. The zero-order valence-corrected chi connectivity index (χ0v) is 9.77. The molecule has 0 atom stereocenters. The molecule has 0 saturated carbocycles. The molecule has 17 heavy (non-hydrogen) atoms. The SMILES string of the molecule is CC/C(=C\C(=O)O)c1ccc(C(=O)OC)cc1. The molecule has 0 unspecified atom stereocenters. The molecule has 0 amide bonds. The molecule has 1 rings (SSSR count). The second kappa shape index (κ2) is 5.84. The first kappa shape index (κ1) is 13.0. The number of allylic oxidation sites excluding steroid dienone is 1. The normalized spacial score (nSPS) is 11.1. The number of esters is 1. The Morgan fingerprint density at radius 2 is 1.76 bits per heavy atom. The van der Waals surface area contributed by atoms with Gasteiger partial charge in [-0.2, -0.15) is 0 Å². The molecule has 0 radical (unpaired) electrons. The van der Waals surface area contributed by atoms with Crippen molar-refractivity contribution in [3.8, 4) is 0 Å². The third-order valence-corrected chi connectivity index (χ3v) is 2.36. The summed E-state index contributed by atoms with van der Waals surface area (Å²) in [6, 6.07) is 6.66. The van der Waals surface area contributed by atoms with Gasteiger partial charge in [0, 0.05) is 6.08 Å². The maximum atomic E-state index is 11.2. The Kier molecular flexibility index (Phi) is 4.46. The van der Waals surface area contributed by atoms with Crippen LogP contribution >= 0.6 is 0 Å². The van der Waals surface area contributed by atoms with Crippen LogP contribution in [0.1, 0.15) is 29.3 Å². The highest BCUT2D eigenvalue weighted by atomic mass is 16.5. The Hall–Kier alpha value is -2.10. The standard InChI is InChI=1S/C13H14O4/c1-3-9(8-12(14)15)10-4-6-11(7-5-10)13(16)17-2/h4-8H,3H2,1-2H3,(H,14,15)/b9-8+. The molecular formula is C13H14O4. The number of carbonyl (C=O) groups excluding carboxylic acids is 1. The number of carbonyl (C=O) groups is 2. The topological polar surface area (TPSA) is 63.6 Å². The van der Waals surface area contributed by atoms with Gasteiger partial charge in [0.05, 0.1) is 12.7 Å². The summed E-state index contributed by atoms with van der Waals surface area (Å²) in [6.07, 6.45) is 1.79. The summed E-state index contributed by atoms with van der Waals surface area (Å²) in [4.78, 5) is 21.8. The van der Waals surface area contributed by atoms with E-state index >= 15 is 0 Å². The van der Waals surface area contributed by atoms with Crippen molar-refractivity contribution in [2.75, 3.05) is 7.11 Å². The van der Waals surface area contributed by atoms with Crippen LogP contribution < -0.4 is 0 Å². The molecule has 0 aliphatic heterocycles. The summed E-state index contributed by atoms with van der Waals surface area (Å²) in [5, 5.41) is 8.71. The van der Waals surface area contributed by atoms with E-state index in [0.717, 1.165) is 5.56 Å². The predicted octanol–water partition coefficient (Wildman–Crippen LogP) is 2.35. The number of hydrogen-bond acceptors (Lipinski definition) is 3. The maximum Gasteiger partial charge on any atom is 0.337 e. The van der Waals surface area contributed by atoms with Crippen LogP contribution in [0.5, 0.6) is 0 Å². The average Bonchev–Trinajstić information content (AvgIpc) is 2.35. The second-order valence-corrected chi connectivity index (χ2v) is 3.43. The summed E-state index contributed by atoms with van der Waals surface area (Å²) in [6.45, 7) is 1.88. The zero-order valence-electron chi connectivity index (χ0n) is 9.77. The van der Waals surface area contributed by atoms with Crippen LogP contribution in [0.4, 0.5) is 0 Å². The molecule has 4 nitrogen and oxygen atoms in total. The van der Waals surface area contributed by atoms with Crippen molar-refractivity contribution < 1.29 is 19.4 Å². The van der Waals surface area contributed by atoms with Gasteiger partial charge in [0.25, 0.3) is 0 Å². The quantitative estimate of drug-likeness (QED) is 0.641. The summed E-state index contributed by atoms with van der Waals surface area (Å²) in [7, 11) is 1.32. The van der Waals surface area contributed by atoms with Crippen LogP contribution in [0.15, 0.2) is 30.3 Å². The van der Waals surface area contributed by atoms with Gasteiger partial charge in [0.15, 0.2) is 0 Å². The van der Waals surface area contributed by atoms with Crippen molar-refractivity contribution in [3.05, 3.63) is 41.5 Å². The van der Waals surface area contributed by atoms with Crippen molar-refractivity contribution in [1.29, 1.82) is 0 Å². The highest BCUT2D eigenvalue weighted by Crippen LogP contribution is 2.18. The van der Waals surface area contributed by atoms with Gasteiger partial charge in [-0.25, -0.2) is 9.59 Å². The van der Waals surface area contributed by atoms with Crippen LogP contribution in [0, 0.1) is 0 Å². The molecule has 0 spiro atoms. The molecule has 0 aliphatic carbocycles. The lowest BCUT2D eigenvalue weighted by Crippen LogP contribution is -2.01. The molecule has 0 bridgehead atoms. The minimum Gasteiger partial charge on any atom is -0.478 e. The summed E-state index contributed by atoms with van der Waals surface area (Å²) in [5.41, 5.74) is 1.96. The van der Waals surface area contributed by atoms with Crippen LogP contribution in [0.25, 0.3) is 5.57 Å². The van der Waals surface area contributed by atoms with Crippen molar-refractivity contribution in [1.82, 2.24) is 0 Å². The van der Waals surface area contributed by atoms with Gasteiger partial charge in [0.1, 0.15) is 0 Å². The molecule has 90 valence electrons. The minimum atomic E-state index is -0.973. The number of hydrogen-bond donors (Lipinski definition) is 1. The Bertz CT molecular complexity index is 443. The van der Waals surface area contributed by atoms with E-state index in [-0.39, 0.29) is 0 Å². The first-order valence-electron chi connectivity index (χ1n) is 5.20. The third kappa shape index (κ3) is 3.45. The highest BCUT2D eigenvalue weighted by Gasteiger charge is 2.06. The smallest absolute Gasteiger partial charge is 0.337 e. The van der Waals surface area contributed by atoms with Crippen molar-refractivity contribution in [2.24, 2.45) is 0 Å². The molecule has 1 aromatic carbocycles. The molecule has 0 aromatic heterocycles. The molecule has 4 heteroatoms. The predicted molar refractivity (Wildman–Crippen MR) is 63.7 cm³/mol. The van der Waals surface area contributed by atoms with Crippen molar-refractivity contribution in [3.63, 3.8) is 0 Å². The number of rotatable bonds is 4. The van der Waals surface area contributed by atoms with Crippen LogP contribution in [-0.4, -0.2) is 24.2 Å². The van der Waals surface area contributed by atoms with Gasteiger partial charge in [-0.3, -0.25) is 0 Å². The molecule has 1 N–H and O–H groups in total. The molecular weight excluding hydrogens is 220 g/mol. The Morgan fingerprint density at radius 3 is 2.18 bits per heavy atom. The van der Waals surface area contributed by atoms with E-state index in [0.29, 0.717) is 17.6 Å². The van der Waals surface area contributed by atoms with E-state index < -0.39 is 11.9 Å². The lowest BCUT2D eigenvalue weighted by molar-refractivity contribution is -0.131. The summed E-state index contributed by atoms with van der Waals surface area (Å²) in [5.74, 6) is -1.38.